The molecule has 0 spiro atoms. The van der Waals surface area contributed by atoms with E-state index in [9.17, 15) is 4.79 Å². The number of carbonyl (C=O) groups excluding carboxylic acids is 1. The van der Waals surface area contributed by atoms with Gasteiger partial charge in [0.1, 0.15) is 0 Å². The molecule has 13 heavy (non-hydrogen) atoms. The molecule has 0 heterocycles. The highest BCUT2D eigenvalue weighted by Gasteiger charge is 2.00. The standard InChI is InChI=1S/C9H17NO2.H3N/c1-8(9(11)12-4)6-5-7-10(2)3;/h6H,5,7H2,1-4H3;1H3. The lowest BCUT2D eigenvalue weighted by atomic mass is 10.2. The fraction of sp³-hybridized carbons (Fsp3) is 0.667. The van der Waals surface area contributed by atoms with E-state index in [1.54, 1.807) is 6.92 Å². The van der Waals surface area contributed by atoms with Crippen molar-refractivity contribution >= 4 is 5.97 Å². The van der Waals surface area contributed by atoms with Crippen molar-refractivity contribution in [2.75, 3.05) is 27.7 Å². The highest BCUT2D eigenvalue weighted by molar-refractivity contribution is 5.87. The van der Waals surface area contributed by atoms with Crippen LogP contribution in [0.25, 0.3) is 0 Å². The average molecular weight is 188 g/mol. The smallest absolute Gasteiger partial charge is 0.333 e. The maximum atomic E-state index is 10.9. The monoisotopic (exact) mass is 188 g/mol. The van der Waals surface area contributed by atoms with Gasteiger partial charge < -0.3 is 15.8 Å². The molecule has 0 bridgehead atoms. The van der Waals surface area contributed by atoms with Gasteiger partial charge in [-0.2, -0.15) is 0 Å². The normalized spacial score (nSPS) is 11.0. The van der Waals surface area contributed by atoms with Crippen molar-refractivity contribution in [3.8, 4) is 0 Å². The van der Waals surface area contributed by atoms with Crippen molar-refractivity contribution in [1.29, 1.82) is 0 Å². The van der Waals surface area contributed by atoms with E-state index in [1.165, 1.54) is 7.11 Å². The minimum Gasteiger partial charge on any atom is -0.466 e. The first kappa shape index (κ1) is 14.6. The van der Waals surface area contributed by atoms with E-state index in [-0.39, 0.29) is 12.1 Å². The van der Waals surface area contributed by atoms with E-state index >= 15 is 0 Å². The second-order valence-corrected chi connectivity index (χ2v) is 2.97. The molecule has 4 heteroatoms. The summed E-state index contributed by atoms with van der Waals surface area (Å²) in [5.74, 6) is -0.242. The van der Waals surface area contributed by atoms with E-state index in [0.717, 1.165) is 13.0 Å². The van der Waals surface area contributed by atoms with Gasteiger partial charge in [-0.15, -0.1) is 0 Å². The Morgan fingerprint density at radius 3 is 2.38 bits per heavy atom. The number of esters is 1. The third-order valence-corrected chi connectivity index (χ3v) is 1.53. The number of nitrogens with zero attached hydrogens (tertiary/aromatic N) is 1. The summed E-state index contributed by atoms with van der Waals surface area (Å²) >= 11 is 0. The molecule has 0 atom stereocenters. The maximum absolute atomic E-state index is 10.9. The molecule has 0 amide bonds. The van der Waals surface area contributed by atoms with Gasteiger partial charge in [-0.25, -0.2) is 4.79 Å². The molecule has 0 unspecified atom stereocenters. The van der Waals surface area contributed by atoms with Gasteiger partial charge in [0.25, 0.3) is 0 Å². The van der Waals surface area contributed by atoms with Crippen molar-refractivity contribution in [2.45, 2.75) is 13.3 Å². The van der Waals surface area contributed by atoms with E-state index in [0.29, 0.717) is 5.57 Å². The quantitative estimate of drug-likeness (QED) is 0.532. The number of ether oxygens (including phenoxy) is 1. The topological polar surface area (TPSA) is 64.5 Å². The summed E-state index contributed by atoms with van der Waals surface area (Å²) in [6.07, 6.45) is 2.78. The van der Waals surface area contributed by atoms with Crippen molar-refractivity contribution in [3.05, 3.63) is 11.6 Å². The predicted octanol–water partition coefficient (Wildman–Crippen LogP) is 1.22. The summed E-state index contributed by atoms with van der Waals surface area (Å²) in [4.78, 5) is 13.0. The molecule has 0 aliphatic carbocycles. The number of carbonyl (C=O) groups is 1. The first-order valence-corrected chi connectivity index (χ1v) is 3.97. The first-order chi connectivity index (χ1) is 5.57. The van der Waals surface area contributed by atoms with Gasteiger partial charge in [-0.3, -0.25) is 0 Å². The van der Waals surface area contributed by atoms with Crippen LogP contribution in [0.4, 0.5) is 0 Å². The lowest BCUT2D eigenvalue weighted by molar-refractivity contribution is -0.136. The summed E-state index contributed by atoms with van der Waals surface area (Å²) in [7, 11) is 5.40. The van der Waals surface area contributed by atoms with E-state index in [2.05, 4.69) is 9.64 Å². The molecule has 0 aliphatic rings. The number of rotatable bonds is 4. The van der Waals surface area contributed by atoms with Gasteiger partial charge >= 0.3 is 5.97 Å². The summed E-state index contributed by atoms with van der Waals surface area (Å²) in [6, 6.07) is 0. The lowest BCUT2D eigenvalue weighted by Crippen LogP contribution is -2.12. The molecule has 0 saturated heterocycles. The van der Waals surface area contributed by atoms with Gasteiger partial charge in [0.15, 0.2) is 0 Å². The SMILES string of the molecule is COC(=O)C(C)=CCCN(C)C.N. The molecule has 0 radical (unpaired) electrons. The molecule has 0 aliphatic heterocycles. The van der Waals surface area contributed by atoms with E-state index < -0.39 is 0 Å². The summed E-state index contributed by atoms with van der Waals surface area (Å²) in [5, 5.41) is 0. The molecule has 0 saturated carbocycles. The lowest BCUT2D eigenvalue weighted by Gasteiger charge is -2.06. The van der Waals surface area contributed by atoms with Crippen LogP contribution in [0.2, 0.25) is 0 Å². The van der Waals surface area contributed by atoms with Crippen LogP contribution in [0.3, 0.4) is 0 Å². The minimum atomic E-state index is -0.242. The van der Waals surface area contributed by atoms with Crippen LogP contribution in [0.1, 0.15) is 13.3 Å². The fourth-order valence-electron chi connectivity index (χ4n) is 0.784. The zero-order valence-electron chi connectivity index (χ0n) is 8.96. The average Bonchev–Trinajstić information content (AvgIpc) is 2.02. The maximum Gasteiger partial charge on any atom is 0.333 e. The molecule has 0 fully saturated rings. The Morgan fingerprint density at radius 2 is 2.00 bits per heavy atom. The second-order valence-electron chi connectivity index (χ2n) is 2.97. The highest BCUT2D eigenvalue weighted by atomic mass is 16.5. The molecule has 0 aromatic rings. The molecular formula is C9H20N2O2. The van der Waals surface area contributed by atoms with Crippen LogP contribution in [-0.4, -0.2) is 38.6 Å². The summed E-state index contributed by atoms with van der Waals surface area (Å²) in [5.41, 5.74) is 0.680. The molecule has 4 nitrogen and oxygen atoms in total. The van der Waals surface area contributed by atoms with Gasteiger partial charge in [0.2, 0.25) is 0 Å². The first-order valence-electron chi connectivity index (χ1n) is 3.97. The van der Waals surface area contributed by atoms with Crippen LogP contribution in [0, 0.1) is 0 Å². The zero-order valence-corrected chi connectivity index (χ0v) is 8.96. The third kappa shape index (κ3) is 7.49. The van der Waals surface area contributed by atoms with Gasteiger partial charge in [0, 0.05) is 12.1 Å². The van der Waals surface area contributed by atoms with Crippen LogP contribution >= 0.6 is 0 Å². The van der Waals surface area contributed by atoms with Crippen LogP contribution < -0.4 is 6.15 Å². The Hall–Kier alpha value is -0.870. The Kier molecular flexibility index (Phi) is 8.74. The summed E-state index contributed by atoms with van der Waals surface area (Å²) in [6.45, 7) is 2.72. The van der Waals surface area contributed by atoms with Crippen molar-refractivity contribution in [2.24, 2.45) is 0 Å². The second kappa shape index (κ2) is 7.76. The Labute approximate surface area is 80.1 Å². The molecule has 0 aromatic heterocycles. The predicted molar refractivity (Wildman–Crippen MR) is 54.0 cm³/mol. The zero-order chi connectivity index (χ0) is 9.56. The fourth-order valence-corrected chi connectivity index (χ4v) is 0.784. The number of hydrogen-bond acceptors (Lipinski definition) is 4. The largest absolute Gasteiger partial charge is 0.466 e. The van der Waals surface area contributed by atoms with Crippen molar-refractivity contribution < 1.29 is 9.53 Å². The van der Waals surface area contributed by atoms with Gasteiger partial charge in [-0.05, 0) is 27.4 Å². The highest BCUT2D eigenvalue weighted by Crippen LogP contribution is 1.97. The molecule has 3 N–H and O–H groups in total. The van der Waals surface area contributed by atoms with Gasteiger partial charge in [-0.1, -0.05) is 6.08 Å². The van der Waals surface area contributed by atoms with Crippen molar-refractivity contribution in [3.63, 3.8) is 0 Å². The van der Waals surface area contributed by atoms with Crippen LogP contribution in [0.15, 0.2) is 11.6 Å². The van der Waals surface area contributed by atoms with Gasteiger partial charge in [0.05, 0.1) is 7.11 Å². The Balaban J connectivity index is 0. The molecular weight excluding hydrogens is 168 g/mol. The van der Waals surface area contributed by atoms with E-state index in [4.69, 9.17) is 0 Å². The van der Waals surface area contributed by atoms with Crippen LogP contribution in [0.5, 0.6) is 0 Å². The van der Waals surface area contributed by atoms with Crippen molar-refractivity contribution in [1.82, 2.24) is 11.1 Å². The molecule has 0 rings (SSSR count). The Bertz CT molecular complexity index is 176. The molecule has 0 aromatic carbocycles. The minimum absolute atomic E-state index is 0. The number of hydrogen-bond donors (Lipinski definition) is 1. The molecule has 78 valence electrons. The number of methoxy groups -OCH3 is 1. The third-order valence-electron chi connectivity index (χ3n) is 1.53. The Morgan fingerprint density at radius 1 is 1.46 bits per heavy atom. The van der Waals surface area contributed by atoms with Crippen LogP contribution in [-0.2, 0) is 9.53 Å². The van der Waals surface area contributed by atoms with E-state index in [1.807, 2.05) is 20.2 Å². The summed E-state index contributed by atoms with van der Waals surface area (Å²) < 4.78 is 4.55.